The summed E-state index contributed by atoms with van der Waals surface area (Å²) in [4.78, 5) is 26.5. The molecular weight excluding hydrogens is 576 g/mol. The molecule has 0 spiro atoms. The molecule has 4 aromatic rings. The van der Waals surface area contributed by atoms with Gasteiger partial charge in [-0.25, -0.2) is 0 Å². The Kier molecular flexibility index (Phi) is 12.7. The zero-order valence-corrected chi connectivity index (χ0v) is 26.6. The first kappa shape index (κ1) is 32.8. The van der Waals surface area contributed by atoms with E-state index in [2.05, 4.69) is 0 Å². The minimum atomic E-state index is -0.0533. The van der Waals surface area contributed by atoms with Crippen LogP contribution in [0.1, 0.15) is 96.1 Å². The summed E-state index contributed by atoms with van der Waals surface area (Å²) in [6, 6.07) is 29.7. The van der Waals surface area contributed by atoms with E-state index >= 15 is 0 Å². The lowest BCUT2D eigenvalue weighted by Crippen LogP contribution is -2.08. The van der Waals surface area contributed by atoms with E-state index in [1.807, 2.05) is 97.1 Å². The van der Waals surface area contributed by atoms with Crippen molar-refractivity contribution in [2.24, 2.45) is 0 Å². The summed E-state index contributed by atoms with van der Waals surface area (Å²) < 4.78 is 24.5. The summed E-state index contributed by atoms with van der Waals surface area (Å²) in [6.45, 7) is 2.25. The first-order chi connectivity index (χ1) is 22.7. The normalized spacial score (nSPS) is 15.5. The van der Waals surface area contributed by atoms with E-state index < -0.39 is 0 Å². The molecule has 6 nitrogen and oxygen atoms in total. The maximum atomic E-state index is 13.3. The van der Waals surface area contributed by atoms with Crippen LogP contribution in [0.5, 0.6) is 23.0 Å². The van der Waals surface area contributed by atoms with Crippen LogP contribution >= 0.6 is 0 Å². The Hall–Kier alpha value is -4.58. The van der Waals surface area contributed by atoms with Gasteiger partial charge in [0.05, 0.1) is 37.6 Å². The number of carbonyl (C=O) groups excluding carboxylic acids is 2. The van der Waals surface area contributed by atoms with Crippen molar-refractivity contribution in [1.29, 1.82) is 0 Å². The molecule has 0 unspecified atom stereocenters. The zero-order valence-electron chi connectivity index (χ0n) is 26.6. The predicted molar refractivity (Wildman–Crippen MR) is 181 cm³/mol. The van der Waals surface area contributed by atoms with E-state index in [1.165, 1.54) is 0 Å². The smallest absolute Gasteiger partial charge is 0.196 e. The van der Waals surface area contributed by atoms with Gasteiger partial charge in [0, 0.05) is 23.3 Å². The van der Waals surface area contributed by atoms with Gasteiger partial charge in [0.25, 0.3) is 0 Å². The van der Waals surface area contributed by atoms with Crippen molar-refractivity contribution >= 4 is 11.6 Å². The molecule has 1 heterocycles. The van der Waals surface area contributed by atoms with Gasteiger partial charge in [0.2, 0.25) is 0 Å². The van der Waals surface area contributed by atoms with E-state index in [1.54, 1.807) is 0 Å². The molecule has 0 N–H and O–H groups in total. The van der Waals surface area contributed by atoms with Crippen LogP contribution in [0.4, 0.5) is 0 Å². The maximum absolute atomic E-state index is 13.3. The lowest BCUT2D eigenvalue weighted by Gasteiger charge is -2.15. The van der Waals surface area contributed by atoms with Gasteiger partial charge in [-0.2, -0.15) is 0 Å². The first-order valence-electron chi connectivity index (χ1n) is 16.7. The number of ketones is 2. The third-order valence-corrected chi connectivity index (χ3v) is 8.10. The standard InChI is InChI=1S/C40H44O6/c41-39(31-17-9-7-10-18-31)35-23-21-33-29-37(35)45-27-15-3-1-2-4-16-28-46-38-30-34(44-26-14-6-5-13-25-43-33)22-24-36(38)40(42)32-19-11-8-12-20-32/h7-12,17-24,29-30H,1-6,13-16,25-28H2. The topological polar surface area (TPSA) is 71.1 Å². The van der Waals surface area contributed by atoms with Crippen molar-refractivity contribution in [3.63, 3.8) is 0 Å². The average Bonchev–Trinajstić information content (AvgIpc) is 3.10. The first-order valence-corrected chi connectivity index (χ1v) is 16.7. The number of carbonyl (C=O) groups is 2. The maximum Gasteiger partial charge on any atom is 0.196 e. The zero-order chi connectivity index (χ0) is 31.8. The lowest BCUT2D eigenvalue weighted by atomic mass is 10.0. The monoisotopic (exact) mass is 620 g/mol. The quantitative estimate of drug-likeness (QED) is 0.212. The SMILES string of the molecule is O=C(c1ccccc1)c1ccc2cc1OCCCCCCCCOc1cc(ccc1C(=O)c1ccccc1)OCCCCCCO2. The second-order valence-electron chi connectivity index (χ2n) is 11.6. The molecule has 46 heavy (non-hydrogen) atoms. The minimum Gasteiger partial charge on any atom is -0.493 e. The van der Waals surface area contributed by atoms with E-state index in [4.69, 9.17) is 18.9 Å². The number of fused-ring (bicyclic) bond motifs is 4. The largest absolute Gasteiger partial charge is 0.493 e. The lowest BCUT2D eigenvalue weighted by molar-refractivity contribution is 0.102. The van der Waals surface area contributed by atoms with Crippen LogP contribution < -0.4 is 18.9 Å². The fourth-order valence-electron chi connectivity index (χ4n) is 5.50. The second kappa shape index (κ2) is 17.8. The van der Waals surface area contributed by atoms with Gasteiger partial charge < -0.3 is 18.9 Å². The molecule has 0 atom stereocenters. The van der Waals surface area contributed by atoms with Gasteiger partial charge in [0.15, 0.2) is 11.6 Å². The molecule has 0 fully saturated rings. The molecule has 0 saturated heterocycles. The highest BCUT2D eigenvalue weighted by Crippen LogP contribution is 2.29. The van der Waals surface area contributed by atoms with Crippen molar-refractivity contribution in [1.82, 2.24) is 0 Å². The van der Waals surface area contributed by atoms with Crippen LogP contribution in [0, 0.1) is 0 Å². The van der Waals surface area contributed by atoms with Crippen LogP contribution in [-0.2, 0) is 0 Å². The van der Waals surface area contributed by atoms with Crippen molar-refractivity contribution in [2.75, 3.05) is 26.4 Å². The summed E-state index contributed by atoms with van der Waals surface area (Å²) in [7, 11) is 0. The Morgan fingerprint density at radius 1 is 0.391 bits per heavy atom. The van der Waals surface area contributed by atoms with Gasteiger partial charge in [-0.15, -0.1) is 0 Å². The third-order valence-electron chi connectivity index (χ3n) is 8.10. The van der Waals surface area contributed by atoms with Crippen LogP contribution in [0.2, 0.25) is 0 Å². The molecule has 1 aliphatic heterocycles. The number of hydrogen-bond acceptors (Lipinski definition) is 6. The highest BCUT2D eigenvalue weighted by atomic mass is 16.5. The molecule has 0 radical (unpaired) electrons. The summed E-state index contributed by atoms with van der Waals surface area (Å²) in [5.74, 6) is 2.46. The molecular formula is C40H44O6. The number of rotatable bonds is 4. The molecule has 0 amide bonds. The van der Waals surface area contributed by atoms with Crippen molar-refractivity contribution in [3.8, 4) is 23.0 Å². The van der Waals surface area contributed by atoms with Crippen LogP contribution in [-0.4, -0.2) is 38.0 Å². The molecule has 4 aromatic carbocycles. The Bertz CT molecular complexity index is 1420. The van der Waals surface area contributed by atoms with Gasteiger partial charge >= 0.3 is 0 Å². The molecule has 240 valence electrons. The Morgan fingerprint density at radius 3 is 1.13 bits per heavy atom. The van der Waals surface area contributed by atoms with Crippen molar-refractivity contribution < 1.29 is 28.5 Å². The van der Waals surface area contributed by atoms with E-state index in [0.29, 0.717) is 71.7 Å². The van der Waals surface area contributed by atoms with Crippen LogP contribution in [0.3, 0.4) is 0 Å². The van der Waals surface area contributed by atoms with E-state index in [-0.39, 0.29) is 11.6 Å². The molecule has 0 aromatic heterocycles. The predicted octanol–water partition coefficient (Wildman–Crippen LogP) is 9.28. The Balaban J connectivity index is 1.20. The van der Waals surface area contributed by atoms with Gasteiger partial charge in [-0.05, 0) is 62.8 Å². The summed E-state index contributed by atoms with van der Waals surface area (Å²) >= 11 is 0. The molecule has 0 saturated carbocycles. The number of benzene rings is 4. The van der Waals surface area contributed by atoms with Gasteiger partial charge in [0.1, 0.15) is 23.0 Å². The van der Waals surface area contributed by atoms with Gasteiger partial charge in [-0.3, -0.25) is 9.59 Å². The van der Waals surface area contributed by atoms with Crippen LogP contribution in [0.15, 0.2) is 97.1 Å². The number of ether oxygens (including phenoxy) is 4. The summed E-state index contributed by atoms with van der Waals surface area (Å²) in [6.07, 6.45) is 9.89. The Labute approximate surface area is 272 Å². The second-order valence-corrected chi connectivity index (χ2v) is 11.6. The van der Waals surface area contributed by atoms with Crippen molar-refractivity contribution in [2.45, 2.75) is 64.2 Å². The fraction of sp³-hybridized carbons (Fsp3) is 0.350. The summed E-state index contributed by atoms with van der Waals surface area (Å²) in [5, 5.41) is 0. The summed E-state index contributed by atoms with van der Waals surface area (Å²) in [5.41, 5.74) is 2.39. The van der Waals surface area contributed by atoms with E-state index in [9.17, 15) is 9.59 Å². The van der Waals surface area contributed by atoms with Crippen molar-refractivity contribution in [3.05, 3.63) is 119 Å². The minimum absolute atomic E-state index is 0.0533. The molecule has 5 rings (SSSR count). The molecule has 6 heteroatoms. The highest BCUT2D eigenvalue weighted by Gasteiger charge is 2.17. The Morgan fingerprint density at radius 2 is 0.739 bits per heavy atom. The highest BCUT2D eigenvalue weighted by molar-refractivity contribution is 6.11. The third kappa shape index (κ3) is 9.71. The van der Waals surface area contributed by atoms with E-state index in [0.717, 1.165) is 64.2 Å². The fourth-order valence-corrected chi connectivity index (χ4v) is 5.50. The van der Waals surface area contributed by atoms with Crippen LogP contribution in [0.25, 0.3) is 0 Å². The molecule has 4 bridgehead atoms. The van der Waals surface area contributed by atoms with Gasteiger partial charge in [-0.1, -0.05) is 86.3 Å². The number of hydrogen-bond donors (Lipinski definition) is 0. The molecule has 1 aliphatic rings. The average molecular weight is 621 g/mol. The molecule has 0 aliphatic carbocycles.